The molecule has 0 saturated heterocycles. The Bertz CT molecular complexity index is 737. The summed E-state index contributed by atoms with van der Waals surface area (Å²) in [6, 6.07) is 11.1. The van der Waals surface area contributed by atoms with E-state index in [4.69, 9.17) is 4.74 Å². The SMILES string of the molecule is COc1ccc(CN(C)CC(=O)N(C)Cc2ccccc2F)cc1F. The van der Waals surface area contributed by atoms with Crippen molar-refractivity contribution in [2.45, 2.75) is 13.1 Å². The van der Waals surface area contributed by atoms with Gasteiger partial charge >= 0.3 is 0 Å². The Kier molecular flexibility index (Phi) is 6.47. The number of benzene rings is 2. The maximum Gasteiger partial charge on any atom is 0.236 e. The normalized spacial score (nSPS) is 10.8. The molecule has 2 aromatic rings. The Balaban J connectivity index is 1.91. The summed E-state index contributed by atoms with van der Waals surface area (Å²) in [5, 5.41) is 0. The molecular formula is C19H22F2N2O2. The first kappa shape index (κ1) is 18.9. The van der Waals surface area contributed by atoms with E-state index in [1.165, 1.54) is 24.1 Å². The third-order valence-corrected chi connectivity index (χ3v) is 3.86. The van der Waals surface area contributed by atoms with Crippen molar-refractivity contribution in [2.75, 3.05) is 27.7 Å². The van der Waals surface area contributed by atoms with Gasteiger partial charge in [0.15, 0.2) is 11.6 Å². The van der Waals surface area contributed by atoms with Crippen LogP contribution in [0.25, 0.3) is 0 Å². The number of carbonyl (C=O) groups excluding carboxylic acids is 1. The summed E-state index contributed by atoms with van der Waals surface area (Å²) in [6.45, 7) is 0.773. The van der Waals surface area contributed by atoms with Crippen LogP contribution < -0.4 is 4.74 Å². The molecule has 0 heterocycles. The Morgan fingerprint density at radius 3 is 2.40 bits per heavy atom. The Morgan fingerprint density at radius 2 is 1.76 bits per heavy atom. The molecule has 0 fully saturated rings. The average molecular weight is 348 g/mol. The van der Waals surface area contributed by atoms with Gasteiger partial charge in [-0.2, -0.15) is 0 Å². The number of rotatable bonds is 7. The minimum absolute atomic E-state index is 0.139. The number of halogens is 2. The summed E-state index contributed by atoms with van der Waals surface area (Å²) < 4.78 is 32.3. The van der Waals surface area contributed by atoms with E-state index in [1.54, 1.807) is 49.3 Å². The van der Waals surface area contributed by atoms with Crippen LogP contribution in [0.5, 0.6) is 5.75 Å². The van der Waals surface area contributed by atoms with E-state index in [1.807, 2.05) is 0 Å². The van der Waals surface area contributed by atoms with Crippen molar-refractivity contribution >= 4 is 5.91 Å². The molecule has 0 saturated carbocycles. The lowest BCUT2D eigenvalue weighted by atomic mass is 10.2. The highest BCUT2D eigenvalue weighted by Gasteiger charge is 2.14. The lowest BCUT2D eigenvalue weighted by Crippen LogP contribution is -2.36. The molecule has 0 N–H and O–H groups in total. The topological polar surface area (TPSA) is 32.8 Å². The average Bonchev–Trinajstić information content (AvgIpc) is 2.57. The molecule has 134 valence electrons. The van der Waals surface area contributed by atoms with Gasteiger partial charge in [-0.1, -0.05) is 24.3 Å². The zero-order valence-corrected chi connectivity index (χ0v) is 14.6. The molecule has 2 rings (SSSR count). The van der Waals surface area contributed by atoms with Crippen molar-refractivity contribution in [3.63, 3.8) is 0 Å². The lowest BCUT2D eigenvalue weighted by molar-refractivity contribution is -0.131. The fourth-order valence-corrected chi connectivity index (χ4v) is 2.50. The highest BCUT2D eigenvalue weighted by Crippen LogP contribution is 2.18. The second-order valence-corrected chi connectivity index (χ2v) is 5.98. The number of hydrogen-bond donors (Lipinski definition) is 0. The molecule has 2 aromatic carbocycles. The molecule has 0 radical (unpaired) electrons. The number of hydrogen-bond acceptors (Lipinski definition) is 3. The minimum Gasteiger partial charge on any atom is -0.494 e. The summed E-state index contributed by atoms with van der Waals surface area (Å²) in [7, 11) is 4.82. The van der Waals surface area contributed by atoms with Crippen LogP contribution in [-0.4, -0.2) is 43.5 Å². The Hall–Kier alpha value is -2.47. The zero-order chi connectivity index (χ0) is 18.4. The number of likely N-dealkylation sites (N-methyl/N-ethyl adjacent to an activating group) is 2. The Labute approximate surface area is 146 Å². The van der Waals surface area contributed by atoms with Crippen LogP contribution in [0.4, 0.5) is 8.78 Å². The van der Waals surface area contributed by atoms with Crippen molar-refractivity contribution in [1.29, 1.82) is 0 Å². The molecule has 25 heavy (non-hydrogen) atoms. The van der Waals surface area contributed by atoms with Crippen LogP contribution in [-0.2, 0) is 17.9 Å². The van der Waals surface area contributed by atoms with Gasteiger partial charge in [-0.05, 0) is 30.8 Å². The first-order chi connectivity index (χ1) is 11.9. The van der Waals surface area contributed by atoms with E-state index in [9.17, 15) is 13.6 Å². The molecule has 4 nitrogen and oxygen atoms in total. The Morgan fingerprint density at radius 1 is 1.04 bits per heavy atom. The van der Waals surface area contributed by atoms with Gasteiger partial charge in [-0.15, -0.1) is 0 Å². The molecule has 6 heteroatoms. The van der Waals surface area contributed by atoms with Gasteiger partial charge in [-0.25, -0.2) is 8.78 Å². The first-order valence-electron chi connectivity index (χ1n) is 7.89. The van der Waals surface area contributed by atoms with Crippen molar-refractivity contribution < 1.29 is 18.3 Å². The van der Waals surface area contributed by atoms with Crippen LogP contribution in [0.15, 0.2) is 42.5 Å². The highest BCUT2D eigenvalue weighted by molar-refractivity contribution is 5.77. The van der Waals surface area contributed by atoms with Gasteiger partial charge in [0.1, 0.15) is 5.82 Å². The second kappa shape index (κ2) is 8.58. The predicted octanol–water partition coefficient (Wildman–Crippen LogP) is 3.06. The molecule has 0 aliphatic carbocycles. The largest absolute Gasteiger partial charge is 0.494 e. The number of ether oxygens (including phenoxy) is 1. The van der Waals surface area contributed by atoms with E-state index in [-0.39, 0.29) is 30.6 Å². The maximum absolute atomic E-state index is 13.7. The summed E-state index contributed by atoms with van der Waals surface area (Å²) in [5.41, 5.74) is 1.21. The molecule has 0 atom stereocenters. The van der Waals surface area contributed by atoms with Crippen molar-refractivity contribution in [3.05, 3.63) is 65.2 Å². The summed E-state index contributed by atoms with van der Waals surface area (Å²) in [4.78, 5) is 15.5. The number of nitrogens with zero attached hydrogens (tertiary/aromatic N) is 2. The van der Waals surface area contributed by atoms with Crippen LogP contribution in [0.3, 0.4) is 0 Å². The fraction of sp³-hybridized carbons (Fsp3) is 0.316. The summed E-state index contributed by atoms with van der Waals surface area (Å²) in [5.74, 6) is -0.715. The van der Waals surface area contributed by atoms with Gasteiger partial charge in [0.05, 0.1) is 13.7 Å². The third-order valence-electron chi connectivity index (χ3n) is 3.86. The van der Waals surface area contributed by atoms with E-state index in [0.717, 1.165) is 5.56 Å². The third kappa shape index (κ3) is 5.26. The van der Waals surface area contributed by atoms with Crippen molar-refractivity contribution in [1.82, 2.24) is 9.80 Å². The zero-order valence-electron chi connectivity index (χ0n) is 14.6. The second-order valence-electron chi connectivity index (χ2n) is 5.98. The summed E-state index contributed by atoms with van der Waals surface area (Å²) in [6.07, 6.45) is 0. The van der Waals surface area contributed by atoms with Gasteiger partial charge in [0, 0.05) is 25.7 Å². The van der Waals surface area contributed by atoms with Crippen LogP contribution in [0.1, 0.15) is 11.1 Å². The molecule has 0 spiro atoms. The van der Waals surface area contributed by atoms with E-state index in [2.05, 4.69) is 0 Å². The van der Waals surface area contributed by atoms with Crippen molar-refractivity contribution in [2.24, 2.45) is 0 Å². The highest BCUT2D eigenvalue weighted by atomic mass is 19.1. The lowest BCUT2D eigenvalue weighted by Gasteiger charge is -2.22. The molecule has 0 aromatic heterocycles. The standard InChI is InChI=1S/C19H22F2N2O2/c1-22(11-14-8-9-18(25-3)17(21)10-14)13-19(24)23(2)12-15-6-4-5-7-16(15)20/h4-10H,11-13H2,1-3H3. The quantitative estimate of drug-likeness (QED) is 0.771. The minimum atomic E-state index is -0.434. The number of methoxy groups -OCH3 is 1. The van der Waals surface area contributed by atoms with E-state index >= 15 is 0 Å². The molecule has 0 aliphatic rings. The molecule has 0 unspecified atom stereocenters. The van der Waals surface area contributed by atoms with Gasteiger partial charge < -0.3 is 9.64 Å². The van der Waals surface area contributed by atoms with Crippen LogP contribution in [0, 0.1) is 11.6 Å². The first-order valence-corrected chi connectivity index (χ1v) is 7.89. The molecular weight excluding hydrogens is 326 g/mol. The number of carbonyl (C=O) groups is 1. The van der Waals surface area contributed by atoms with Gasteiger partial charge in [-0.3, -0.25) is 9.69 Å². The molecule has 0 aliphatic heterocycles. The number of amides is 1. The molecule has 0 bridgehead atoms. The fourth-order valence-electron chi connectivity index (χ4n) is 2.50. The van der Waals surface area contributed by atoms with Gasteiger partial charge in [0.25, 0.3) is 0 Å². The molecule has 1 amide bonds. The van der Waals surface area contributed by atoms with E-state index in [0.29, 0.717) is 12.1 Å². The van der Waals surface area contributed by atoms with Crippen LogP contribution >= 0.6 is 0 Å². The van der Waals surface area contributed by atoms with Crippen LogP contribution in [0.2, 0.25) is 0 Å². The smallest absolute Gasteiger partial charge is 0.236 e. The van der Waals surface area contributed by atoms with Crippen molar-refractivity contribution in [3.8, 4) is 5.75 Å². The monoisotopic (exact) mass is 348 g/mol. The maximum atomic E-state index is 13.7. The predicted molar refractivity (Wildman–Crippen MR) is 92.2 cm³/mol. The van der Waals surface area contributed by atoms with E-state index < -0.39 is 5.82 Å². The van der Waals surface area contributed by atoms with Gasteiger partial charge in [0.2, 0.25) is 5.91 Å². The summed E-state index contributed by atoms with van der Waals surface area (Å²) >= 11 is 0.